The lowest BCUT2D eigenvalue weighted by atomic mass is 9.98. The SMILES string of the molecule is CC(C)(C)OC(=O)NCCCC[C@@H](CNN1C(=O)c2ccccc2C1=O)NC(=O)OCC1c2ccccc2-c2ccccc21. The van der Waals surface area contributed by atoms with Crippen LogP contribution in [0.3, 0.4) is 0 Å². The monoisotopic (exact) mass is 598 g/mol. The highest BCUT2D eigenvalue weighted by molar-refractivity contribution is 6.20. The molecule has 0 bridgehead atoms. The van der Waals surface area contributed by atoms with E-state index in [0.29, 0.717) is 36.9 Å². The van der Waals surface area contributed by atoms with Crippen molar-refractivity contribution in [1.82, 2.24) is 21.1 Å². The van der Waals surface area contributed by atoms with Gasteiger partial charge in [0, 0.05) is 25.0 Å². The van der Waals surface area contributed by atoms with Crippen LogP contribution in [0.15, 0.2) is 72.8 Å². The van der Waals surface area contributed by atoms with Crippen LogP contribution < -0.4 is 16.1 Å². The van der Waals surface area contributed by atoms with Crippen LogP contribution in [0.4, 0.5) is 9.59 Å². The van der Waals surface area contributed by atoms with Crippen molar-refractivity contribution in [3.63, 3.8) is 0 Å². The Morgan fingerprint density at radius 1 is 0.795 bits per heavy atom. The summed E-state index contributed by atoms with van der Waals surface area (Å²) in [5.74, 6) is -0.957. The number of hydrogen-bond acceptors (Lipinski definition) is 7. The largest absolute Gasteiger partial charge is 0.449 e. The molecule has 0 fully saturated rings. The van der Waals surface area contributed by atoms with Crippen molar-refractivity contribution in [2.24, 2.45) is 0 Å². The van der Waals surface area contributed by atoms with Crippen molar-refractivity contribution in [2.75, 3.05) is 19.7 Å². The first-order valence-electron chi connectivity index (χ1n) is 14.9. The molecule has 3 aromatic rings. The van der Waals surface area contributed by atoms with Gasteiger partial charge in [0.2, 0.25) is 0 Å². The molecule has 4 amide bonds. The second kappa shape index (κ2) is 13.3. The van der Waals surface area contributed by atoms with Crippen molar-refractivity contribution in [1.29, 1.82) is 0 Å². The fraction of sp³-hybridized carbons (Fsp3) is 0.353. The quantitative estimate of drug-likeness (QED) is 0.200. The van der Waals surface area contributed by atoms with E-state index in [1.807, 2.05) is 24.3 Å². The fourth-order valence-electron chi connectivity index (χ4n) is 5.59. The molecule has 1 heterocycles. The second-order valence-electron chi connectivity index (χ2n) is 11.9. The van der Waals surface area contributed by atoms with E-state index in [4.69, 9.17) is 9.47 Å². The van der Waals surface area contributed by atoms with Gasteiger partial charge in [-0.05, 0) is 74.4 Å². The summed E-state index contributed by atoms with van der Waals surface area (Å²) in [6.07, 6.45) is 0.713. The summed E-state index contributed by atoms with van der Waals surface area (Å²) in [5.41, 5.74) is 7.50. The Hall–Kier alpha value is -4.70. The van der Waals surface area contributed by atoms with E-state index in [1.165, 1.54) is 0 Å². The Balaban J connectivity index is 1.18. The van der Waals surface area contributed by atoms with E-state index in [2.05, 4.69) is 40.3 Å². The number of unbranched alkanes of at least 4 members (excludes halogenated alkanes) is 1. The molecular weight excluding hydrogens is 560 g/mol. The third kappa shape index (κ3) is 7.08. The fourth-order valence-corrected chi connectivity index (χ4v) is 5.59. The first-order chi connectivity index (χ1) is 21.1. The van der Waals surface area contributed by atoms with Gasteiger partial charge in [0.1, 0.15) is 12.2 Å². The lowest BCUT2D eigenvalue weighted by Gasteiger charge is -2.23. The van der Waals surface area contributed by atoms with Crippen molar-refractivity contribution < 1.29 is 28.7 Å². The average molecular weight is 599 g/mol. The van der Waals surface area contributed by atoms with Gasteiger partial charge in [0.25, 0.3) is 11.8 Å². The van der Waals surface area contributed by atoms with Gasteiger partial charge >= 0.3 is 12.2 Å². The van der Waals surface area contributed by atoms with E-state index >= 15 is 0 Å². The normalized spacial score (nSPS) is 14.5. The molecule has 0 saturated heterocycles. The van der Waals surface area contributed by atoms with Gasteiger partial charge in [-0.15, -0.1) is 0 Å². The van der Waals surface area contributed by atoms with Gasteiger partial charge < -0.3 is 20.1 Å². The summed E-state index contributed by atoms with van der Waals surface area (Å²) < 4.78 is 11.0. The lowest BCUT2D eigenvalue weighted by molar-refractivity contribution is 0.0524. The molecule has 1 aliphatic carbocycles. The minimum absolute atomic E-state index is 0.0815. The number of alkyl carbamates (subject to hydrolysis) is 2. The first-order valence-corrected chi connectivity index (χ1v) is 14.9. The summed E-state index contributed by atoms with van der Waals surface area (Å²) in [7, 11) is 0. The number of benzene rings is 3. The van der Waals surface area contributed by atoms with E-state index in [0.717, 1.165) is 27.3 Å². The maximum absolute atomic E-state index is 13.1. The summed E-state index contributed by atoms with van der Waals surface area (Å²) in [5, 5.41) is 6.63. The minimum Gasteiger partial charge on any atom is -0.449 e. The summed E-state index contributed by atoms with van der Waals surface area (Å²) in [6, 6.07) is 22.4. The van der Waals surface area contributed by atoms with Crippen LogP contribution in [0.1, 0.15) is 77.8 Å². The standard InChI is InChI=1S/C34H38N4O6/c1-34(2,3)44-32(41)35-19-11-10-12-22(20-36-38-30(39)27-17-8-9-18-28(27)31(38)40)37-33(42)43-21-29-25-15-6-4-13-23(25)24-14-5-7-16-26(24)29/h4-9,13-18,22,29,36H,10-12,19-21H2,1-3H3,(H,35,41)(H,37,42)/t22-/m0/s1. The third-order valence-electron chi connectivity index (χ3n) is 7.60. The van der Waals surface area contributed by atoms with Gasteiger partial charge in [-0.2, -0.15) is 0 Å². The lowest BCUT2D eigenvalue weighted by Crippen LogP contribution is -2.50. The second-order valence-corrected chi connectivity index (χ2v) is 11.9. The minimum atomic E-state index is -0.590. The molecule has 3 N–H and O–H groups in total. The van der Waals surface area contributed by atoms with Crippen LogP contribution in [0.25, 0.3) is 11.1 Å². The molecule has 0 radical (unpaired) electrons. The zero-order valence-corrected chi connectivity index (χ0v) is 25.2. The smallest absolute Gasteiger partial charge is 0.407 e. The third-order valence-corrected chi connectivity index (χ3v) is 7.60. The van der Waals surface area contributed by atoms with Crippen LogP contribution in [0, 0.1) is 0 Å². The predicted molar refractivity (Wildman–Crippen MR) is 165 cm³/mol. The molecule has 5 rings (SSSR count). The van der Waals surface area contributed by atoms with Crippen LogP contribution in [-0.4, -0.2) is 60.3 Å². The maximum atomic E-state index is 13.1. The van der Waals surface area contributed by atoms with Gasteiger partial charge in [-0.3, -0.25) is 9.59 Å². The zero-order chi connectivity index (χ0) is 31.3. The highest BCUT2D eigenvalue weighted by atomic mass is 16.6. The van der Waals surface area contributed by atoms with Crippen LogP contribution >= 0.6 is 0 Å². The zero-order valence-electron chi connectivity index (χ0n) is 25.2. The van der Waals surface area contributed by atoms with Crippen LogP contribution in [0.5, 0.6) is 0 Å². The maximum Gasteiger partial charge on any atom is 0.407 e. The highest BCUT2D eigenvalue weighted by Crippen LogP contribution is 2.44. The molecule has 1 aliphatic heterocycles. The molecule has 0 aromatic heterocycles. The molecule has 10 heteroatoms. The summed E-state index contributed by atoms with van der Waals surface area (Å²) >= 11 is 0. The number of nitrogens with zero attached hydrogens (tertiary/aromatic N) is 1. The highest BCUT2D eigenvalue weighted by Gasteiger charge is 2.36. The molecule has 3 aromatic carbocycles. The van der Waals surface area contributed by atoms with Gasteiger partial charge in [0.15, 0.2) is 0 Å². The molecule has 0 saturated carbocycles. The number of hydrazine groups is 1. The van der Waals surface area contributed by atoms with Crippen LogP contribution in [-0.2, 0) is 9.47 Å². The molecule has 44 heavy (non-hydrogen) atoms. The number of carbonyl (C=O) groups is 4. The molecule has 1 atom stereocenters. The number of imide groups is 1. The average Bonchev–Trinajstić information content (AvgIpc) is 3.44. The number of ether oxygens (including phenoxy) is 2. The Morgan fingerprint density at radius 3 is 1.91 bits per heavy atom. The van der Waals surface area contributed by atoms with E-state index in [1.54, 1.807) is 45.0 Å². The number of hydrogen-bond donors (Lipinski definition) is 3. The van der Waals surface area contributed by atoms with E-state index < -0.39 is 35.6 Å². The van der Waals surface area contributed by atoms with Crippen molar-refractivity contribution in [2.45, 2.75) is 57.6 Å². The molecule has 230 valence electrons. The number of fused-ring (bicyclic) bond motifs is 4. The molecule has 2 aliphatic rings. The number of carbonyl (C=O) groups excluding carboxylic acids is 4. The Kier molecular flexibility index (Phi) is 9.29. The van der Waals surface area contributed by atoms with E-state index in [9.17, 15) is 19.2 Å². The molecule has 0 unspecified atom stereocenters. The van der Waals surface area contributed by atoms with E-state index in [-0.39, 0.29) is 19.1 Å². The van der Waals surface area contributed by atoms with Crippen molar-refractivity contribution in [3.05, 3.63) is 95.1 Å². The molecular formula is C34H38N4O6. The van der Waals surface area contributed by atoms with Gasteiger partial charge in [0.05, 0.1) is 11.1 Å². The molecule has 10 nitrogen and oxygen atoms in total. The first kappa shape index (κ1) is 30.7. The van der Waals surface area contributed by atoms with Crippen LogP contribution in [0.2, 0.25) is 0 Å². The predicted octanol–water partition coefficient (Wildman–Crippen LogP) is 5.39. The van der Waals surface area contributed by atoms with Crippen molar-refractivity contribution in [3.8, 4) is 11.1 Å². The van der Waals surface area contributed by atoms with Crippen molar-refractivity contribution >= 4 is 24.0 Å². The van der Waals surface area contributed by atoms with Gasteiger partial charge in [-0.25, -0.2) is 20.0 Å². The summed E-state index contributed by atoms with van der Waals surface area (Å²) in [4.78, 5) is 50.7. The van der Waals surface area contributed by atoms with Gasteiger partial charge in [-0.1, -0.05) is 60.7 Å². The topological polar surface area (TPSA) is 126 Å². The summed E-state index contributed by atoms with van der Waals surface area (Å²) in [6.45, 7) is 6.08. The Bertz CT molecular complexity index is 1470. The Labute approximate surface area is 257 Å². The number of nitrogens with one attached hydrogen (secondary N) is 3. The molecule has 0 spiro atoms. The Morgan fingerprint density at radius 2 is 1.34 bits per heavy atom. The number of rotatable bonds is 11. The number of amides is 4.